The number of methoxy groups -OCH3 is 1. The molecule has 0 bridgehead atoms. The Morgan fingerprint density at radius 2 is 1.97 bits per heavy atom. The number of nitrogens with zero attached hydrogens (tertiary/aromatic N) is 3. The highest BCUT2D eigenvalue weighted by Gasteiger charge is 2.27. The monoisotopic (exact) mass is 402 g/mol. The minimum atomic E-state index is -0.0943. The third-order valence-electron chi connectivity index (χ3n) is 5.42. The number of piperidine rings is 1. The Morgan fingerprint density at radius 1 is 1.10 bits per heavy atom. The van der Waals surface area contributed by atoms with Gasteiger partial charge in [-0.05, 0) is 50.1 Å². The predicted octanol–water partition coefficient (Wildman–Crippen LogP) is 4.32. The summed E-state index contributed by atoms with van der Waals surface area (Å²) < 4.78 is 5.23. The second-order valence-corrected chi connectivity index (χ2v) is 7.65. The van der Waals surface area contributed by atoms with Crippen LogP contribution in [0.2, 0.25) is 0 Å². The van der Waals surface area contributed by atoms with Crippen molar-refractivity contribution in [1.29, 1.82) is 0 Å². The molecule has 0 radical (unpaired) electrons. The average molecular weight is 402 g/mol. The van der Waals surface area contributed by atoms with E-state index in [9.17, 15) is 4.79 Å². The highest BCUT2D eigenvalue weighted by Crippen LogP contribution is 2.25. The smallest absolute Gasteiger partial charge is 0.229 e. The largest absolute Gasteiger partial charge is 0.497 e. The molecule has 1 aliphatic heterocycles. The number of hydrogen-bond donors (Lipinski definition) is 1. The van der Waals surface area contributed by atoms with Crippen molar-refractivity contribution < 1.29 is 9.53 Å². The summed E-state index contributed by atoms with van der Waals surface area (Å²) in [7, 11) is 1.62. The number of anilines is 2. The third-order valence-corrected chi connectivity index (χ3v) is 5.42. The van der Waals surface area contributed by atoms with Crippen LogP contribution < -0.4 is 15.0 Å². The molecule has 0 saturated carbocycles. The van der Waals surface area contributed by atoms with Crippen LogP contribution in [0.4, 0.5) is 11.5 Å². The number of amides is 1. The van der Waals surface area contributed by atoms with Gasteiger partial charge in [0.2, 0.25) is 5.91 Å². The number of aromatic nitrogens is 2. The molecule has 0 aliphatic carbocycles. The van der Waals surface area contributed by atoms with E-state index >= 15 is 0 Å². The molecule has 2 aromatic carbocycles. The number of hydrogen-bond acceptors (Lipinski definition) is 5. The van der Waals surface area contributed by atoms with Crippen molar-refractivity contribution in [3.05, 3.63) is 66.2 Å². The summed E-state index contributed by atoms with van der Waals surface area (Å²) in [6, 6.07) is 19.6. The molecule has 1 saturated heterocycles. The maximum Gasteiger partial charge on any atom is 0.229 e. The molecule has 2 heterocycles. The van der Waals surface area contributed by atoms with Crippen molar-refractivity contribution in [3.8, 4) is 17.0 Å². The van der Waals surface area contributed by atoms with Gasteiger partial charge in [0.05, 0.1) is 18.7 Å². The topological polar surface area (TPSA) is 67.3 Å². The molecule has 3 aromatic rings. The van der Waals surface area contributed by atoms with E-state index in [1.54, 1.807) is 7.11 Å². The summed E-state index contributed by atoms with van der Waals surface area (Å²) in [4.78, 5) is 14.9. The van der Waals surface area contributed by atoms with E-state index < -0.39 is 0 Å². The van der Waals surface area contributed by atoms with Crippen LogP contribution in [0.15, 0.2) is 60.7 Å². The lowest BCUT2D eigenvalue weighted by molar-refractivity contribution is -0.120. The van der Waals surface area contributed by atoms with Crippen LogP contribution in [0, 0.1) is 12.8 Å². The average Bonchev–Trinajstić information content (AvgIpc) is 2.79. The van der Waals surface area contributed by atoms with Crippen molar-refractivity contribution in [2.75, 3.05) is 30.4 Å². The molecule has 1 atom stereocenters. The SMILES string of the molecule is COc1cccc(NC(=O)[C@H]2CCCN(c3ccc(-c4cccc(C)c4)nn3)C2)c1. The van der Waals surface area contributed by atoms with E-state index in [4.69, 9.17) is 4.74 Å². The number of benzene rings is 2. The van der Waals surface area contributed by atoms with Gasteiger partial charge in [-0.3, -0.25) is 4.79 Å². The Balaban J connectivity index is 1.42. The van der Waals surface area contributed by atoms with E-state index in [1.165, 1.54) is 5.56 Å². The molecule has 30 heavy (non-hydrogen) atoms. The van der Waals surface area contributed by atoms with Crippen molar-refractivity contribution >= 4 is 17.4 Å². The van der Waals surface area contributed by atoms with Gasteiger partial charge in [0.15, 0.2) is 5.82 Å². The van der Waals surface area contributed by atoms with E-state index in [0.29, 0.717) is 6.54 Å². The predicted molar refractivity (Wildman–Crippen MR) is 119 cm³/mol. The summed E-state index contributed by atoms with van der Waals surface area (Å²) >= 11 is 0. The lowest BCUT2D eigenvalue weighted by Crippen LogP contribution is -2.41. The normalized spacial score (nSPS) is 16.2. The maximum absolute atomic E-state index is 12.8. The molecule has 1 fully saturated rings. The zero-order valence-electron chi connectivity index (χ0n) is 17.3. The quantitative estimate of drug-likeness (QED) is 0.689. The first kappa shape index (κ1) is 19.9. The number of ether oxygens (including phenoxy) is 1. The van der Waals surface area contributed by atoms with Crippen LogP contribution >= 0.6 is 0 Å². The molecule has 1 aromatic heterocycles. The Morgan fingerprint density at radius 3 is 2.73 bits per heavy atom. The molecular formula is C24H26N4O2. The molecule has 154 valence electrons. The highest BCUT2D eigenvalue weighted by atomic mass is 16.5. The fourth-order valence-electron chi connectivity index (χ4n) is 3.80. The summed E-state index contributed by atoms with van der Waals surface area (Å²) in [5.74, 6) is 1.47. The van der Waals surface area contributed by atoms with Crippen molar-refractivity contribution in [2.24, 2.45) is 5.92 Å². The molecule has 1 N–H and O–H groups in total. The summed E-state index contributed by atoms with van der Waals surface area (Å²) in [5, 5.41) is 11.9. The number of nitrogens with one attached hydrogen (secondary N) is 1. The zero-order valence-corrected chi connectivity index (χ0v) is 17.3. The summed E-state index contributed by atoms with van der Waals surface area (Å²) in [5.41, 5.74) is 3.85. The molecule has 4 rings (SSSR count). The fourth-order valence-corrected chi connectivity index (χ4v) is 3.80. The first-order valence-corrected chi connectivity index (χ1v) is 10.2. The van der Waals surface area contributed by atoms with Crippen LogP contribution in [0.1, 0.15) is 18.4 Å². The molecule has 1 aliphatic rings. The minimum Gasteiger partial charge on any atom is -0.497 e. The Bertz CT molecular complexity index is 1020. The Kier molecular flexibility index (Phi) is 5.93. The van der Waals surface area contributed by atoms with E-state index in [0.717, 1.165) is 47.9 Å². The van der Waals surface area contributed by atoms with Gasteiger partial charge in [0.1, 0.15) is 5.75 Å². The maximum atomic E-state index is 12.8. The molecule has 0 spiro atoms. The van der Waals surface area contributed by atoms with E-state index in [1.807, 2.05) is 48.5 Å². The van der Waals surface area contributed by atoms with Gasteiger partial charge >= 0.3 is 0 Å². The lowest BCUT2D eigenvalue weighted by Gasteiger charge is -2.32. The van der Waals surface area contributed by atoms with Gasteiger partial charge in [-0.15, -0.1) is 10.2 Å². The van der Waals surface area contributed by atoms with Gasteiger partial charge in [-0.1, -0.05) is 29.8 Å². The molecule has 6 heteroatoms. The third kappa shape index (κ3) is 4.59. The minimum absolute atomic E-state index is 0.0253. The standard InChI is InChI=1S/C24H26N4O2/c1-17-6-3-7-18(14-17)22-11-12-23(27-26-22)28-13-5-8-19(16-28)24(29)25-20-9-4-10-21(15-20)30-2/h3-4,6-7,9-12,14-15,19H,5,8,13,16H2,1-2H3,(H,25,29)/t19-/m0/s1. The van der Waals surface area contributed by atoms with Gasteiger partial charge < -0.3 is 15.0 Å². The highest BCUT2D eigenvalue weighted by molar-refractivity contribution is 5.93. The van der Waals surface area contributed by atoms with Gasteiger partial charge in [-0.2, -0.15) is 0 Å². The second kappa shape index (κ2) is 8.95. The Labute approximate surface area is 176 Å². The Hall–Kier alpha value is -3.41. The molecule has 1 amide bonds. The van der Waals surface area contributed by atoms with Crippen LogP contribution in [0.3, 0.4) is 0 Å². The van der Waals surface area contributed by atoms with Crippen LogP contribution in [0.5, 0.6) is 5.75 Å². The number of aryl methyl sites for hydroxylation is 1. The summed E-state index contributed by atoms with van der Waals surface area (Å²) in [6.07, 6.45) is 1.80. The molecular weight excluding hydrogens is 376 g/mol. The first-order chi connectivity index (χ1) is 14.6. The number of carbonyl (C=O) groups is 1. The second-order valence-electron chi connectivity index (χ2n) is 7.65. The van der Waals surface area contributed by atoms with Gasteiger partial charge in [0, 0.05) is 30.4 Å². The van der Waals surface area contributed by atoms with Crippen LogP contribution in [-0.4, -0.2) is 36.3 Å². The van der Waals surface area contributed by atoms with E-state index in [2.05, 4.69) is 39.5 Å². The van der Waals surface area contributed by atoms with Crippen molar-refractivity contribution in [1.82, 2.24) is 10.2 Å². The first-order valence-electron chi connectivity index (χ1n) is 10.2. The van der Waals surface area contributed by atoms with Crippen molar-refractivity contribution in [2.45, 2.75) is 19.8 Å². The zero-order chi connectivity index (χ0) is 20.9. The summed E-state index contributed by atoms with van der Waals surface area (Å²) in [6.45, 7) is 3.57. The van der Waals surface area contributed by atoms with E-state index in [-0.39, 0.29) is 11.8 Å². The molecule has 0 unspecified atom stereocenters. The van der Waals surface area contributed by atoms with Crippen LogP contribution in [0.25, 0.3) is 11.3 Å². The van der Waals surface area contributed by atoms with Crippen molar-refractivity contribution in [3.63, 3.8) is 0 Å². The number of rotatable bonds is 5. The van der Waals surface area contributed by atoms with Crippen LogP contribution in [-0.2, 0) is 4.79 Å². The lowest BCUT2D eigenvalue weighted by atomic mass is 9.97. The molecule has 6 nitrogen and oxygen atoms in total. The van der Waals surface area contributed by atoms with Gasteiger partial charge in [-0.25, -0.2) is 0 Å². The van der Waals surface area contributed by atoms with Gasteiger partial charge in [0.25, 0.3) is 0 Å². The number of carbonyl (C=O) groups excluding carboxylic acids is 1. The fraction of sp³-hybridized carbons (Fsp3) is 0.292.